The van der Waals surface area contributed by atoms with Crippen molar-refractivity contribution in [2.75, 3.05) is 13.1 Å². The van der Waals surface area contributed by atoms with Gasteiger partial charge in [0.05, 0.1) is 5.56 Å². The number of hydrogen-bond acceptors (Lipinski definition) is 4. The van der Waals surface area contributed by atoms with E-state index in [0.717, 1.165) is 17.9 Å². The number of rotatable bonds is 5. The SMILES string of the molecule is CCN(CC1CCC1)C(=O)c1csc(S(=O)(=O)Cl)c1C. The summed E-state index contributed by atoms with van der Waals surface area (Å²) in [5.41, 5.74) is 0.914. The van der Waals surface area contributed by atoms with E-state index in [1.807, 2.05) is 6.92 Å². The molecule has 0 spiro atoms. The average molecular weight is 336 g/mol. The summed E-state index contributed by atoms with van der Waals surface area (Å²) < 4.78 is 22.9. The zero-order chi connectivity index (χ0) is 14.9. The Labute approximate surface area is 128 Å². The van der Waals surface area contributed by atoms with Gasteiger partial charge in [0, 0.05) is 29.2 Å². The highest BCUT2D eigenvalue weighted by Crippen LogP contribution is 2.31. The largest absolute Gasteiger partial charge is 0.339 e. The van der Waals surface area contributed by atoms with Crippen LogP contribution >= 0.6 is 22.0 Å². The number of halogens is 1. The monoisotopic (exact) mass is 335 g/mol. The Kier molecular flexibility index (Phi) is 4.76. The average Bonchev–Trinajstić information content (AvgIpc) is 2.69. The van der Waals surface area contributed by atoms with Gasteiger partial charge in [-0.15, -0.1) is 11.3 Å². The van der Waals surface area contributed by atoms with Crippen LogP contribution in [0.1, 0.15) is 42.1 Å². The molecule has 1 aromatic heterocycles. The third kappa shape index (κ3) is 3.18. The fraction of sp³-hybridized carbons (Fsp3) is 0.615. The zero-order valence-electron chi connectivity index (χ0n) is 11.6. The van der Waals surface area contributed by atoms with Crippen LogP contribution in [-0.2, 0) is 9.05 Å². The van der Waals surface area contributed by atoms with Crippen molar-refractivity contribution in [1.29, 1.82) is 0 Å². The lowest BCUT2D eigenvalue weighted by molar-refractivity contribution is 0.0706. The molecular formula is C13H18ClNO3S2. The van der Waals surface area contributed by atoms with Gasteiger partial charge in [-0.2, -0.15) is 0 Å². The maximum atomic E-state index is 12.5. The van der Waals surface area contributed by atoms with Gasteiger partial charge in [0.2, 0.25) is 0 Å². The zero-order valence-corrected chi connectivity index (χ0v) is 13.9. The highest BCUT2D eigenvalue weighted by molar-refractivity contribution is 8.15. The van der Waals surface area contributed by atoms with Crippen molar-refractivity contribution in [2.24, 2.45) is 5.92 Å². The summed E-state index contributed by atoms with van der Waals surface area (Å²) in [5, 5.41) is 1.59. The first-order chi connectivity index (χ1) is 9.34. The van der Waals surface area contributed by atoms with Crippen LogP contribution in [0, 0.1) is 12.8 Å². The van der Waals surface area contributed by atoms with Crippen molar-refractivity contribution in [3.05, 3.63) is 16.5 Å². The molecule has 0 aromatic carbocycles. The second kappa shape index (κ2) is 6.03. The molecule has 1 aliphatic carbocycles. The molecule has 20 heavy (non-hydrogen) atoms. The van der Waals surface area contributed by atoms with Gasteiger partial charge in [-0.05, 0) is 38.2 Å². The highest BCUT2D eigenvalue weighted by atomic mass is 35.7. The summed E-state index contributed by atoms with van der Waals surface area (Å²) in [7, 11) is 1.59. The molecule has 0 aliphatic heterocycles. The molecule has 1 saturated carbocycles. The van der Waals surface area contributed by atoms with Crippen molar-refractivity contribution >= 4 is 37.0 Å². The predicted octanol–water partition coefficient (Wildman–Crippen LogP) is 3.25. The van der Waals surface area contributed by atoms with Crippen LogP contribution in [0.25, 0.3) is 0 Å². The quantitative estimate of drug-likeness (QED) is 0.776. The molecule has 0 unspecified atom stereocenters. The van der Waals surface area contributed by atoms with Gasteiger partial charge in [0.15, 0.2) is 0 Å². The van der Waals surface area contributed by atoms with Crippen LogP contribution in [0.5, 0.6) is 0 Å². The molecule has 1 heterocycles. The summed E-state index contributed by atoms with van der Waals surface area (Å²) in [6, 6.07) is 0. The third-order valence-electron chi connectivity index (χ3n) is 3.82. The smallest absolute Gasteiger partial charge is 0.271 e. The van der Waals surface area contributed by atoms with Gasteiger partial charge in [-0.3, -0.25) is 4.79 Å². The van der Waals surface area contributed by atoms with Gasteiger partial charge < -0.3 is 4.90 Å². The van der Waals surface area contributed by atoms with Crippen LogP contribution in [0.3, 0.4) is 0 Å². The molecule has 2 rings (SSSR count). The van der Waals surface area contributed by atoms with Crippen LogP contribution in [0.2, 0.25) is 0 Å². The van der Waals surface area contributed by atoms with Crippen LogP contribution in [0.4, 0.5) is 0 Å². The Hall–Kier alpha value is -0.590. The summed E-state index contributed by atoms with van der Waals surface area (Å²) in [4.78, 5) is 14.3. The Balaban J connectivity index is 2.21. The van der Waals surface area contributed by atoms with E-state index in [1.165, 1.54) is 19.3 Å². The van der Waals surface area contributed by atoms with Crippen LogP contribution in [0.15, 0.2) is 9.59 Å². The topological polar surface area (TPSA) is 54.5 Å². The Bertz CT molecular complexity index is 605. The standard InChI is InChI=1S/C13H18ClNO3S2/c1-3-15(7-10-5-4-6-10)12(16)11-8-19-13(9(11)2)20(14,17)18/h8,10H,3-7H2,1-2H3. The van der Waals surface area contributed by atoms with Crippen molar-refractivity contribution < 1.29 is 13.2 Å². The van der Waals surface area contributed by atoms with Gasteiger partial charge in [-0.1, -0.05) is 6.42 Å². The molecule has 1 aromatic rings. The molecule has 1 fully saturated rings. The van der Waals surface area contributed by atoms with Crippen LogP contribution < -0.4 is 0 Å². The van der Waals surface area contributed by atoms with E-state index < -0.39 is 9.05 Å². The maximum absolute atomic E-state index is 12.5. The van der Waals surface area contributed by atoms with Crippen molar-refractivity contribution in [1.82, 2.24) is 4.90 Å². The number of carbonyl (C=O) groups excluding carboxylic acids is 1. The second-order valence-electron chi connectivity index (χ2n) is 5.14. The molecule has 0 saturated heterocycles. The second-order valence-corrected chi connectivity index (χ2v) is 8.78. The number of amides is 1. The number of hydrogen-bond donors (Lipinski definition) is 0. The number of nitrogens with zero attached hydrogens (tertiary/aromatic N) is 1. The summed E-state index contributed by atoms with van der Waals surface area (Å²) in [6.07, 6.45) is 3.59. The molecule has 0 radical (unpaired) electrons. The summed E-state index contributed by atoms with van der Waals surface area (Å²) in [5.74, 6) is 0.494. The molecular weight excluding hydrogens is 318 g/mol. The van der Waals surface area contributed by atoms with Crippen molar-refractivity contribution in [2.45, 2.75) is 37.3 Å². The summed E-state index contributed by atoms with van der Waals surface area (Å²) >= 11 is 1.01. The first-order valence-electron chi connectivity index (χ1n) is 6.66. The predicted molar refractivity (Wildman–Crippen MR) is 81.0 cm³/mol. The summed E-state index contributed by atoms with van der Waals surface area (Å²) in [6.45, 7) is 4.97. The minimum Gasteiger partial charge on any atom is -0.339 e. The van der Waals surface area contributed by atoms with E-state index in [2.05, 4.69) is 0 Å². The third-order valence-corrected chi connectivity index (χ3v) is 7.13. The van der Waals surface area contributed by atoms with E-state index in [-0.39, 0.29) is 10.1 Å². The fourth-order valence-corrected chi connectivity index (χ4v) is 4.91. The van der Waals surface area contributed by atoms with Crippen molar-refractivity contribution in [3.8, 4) is 0 Å². The Morgan fingerprint density at radius 3 is 2.55 bits per heavy atom. The Morgan fingerprint density at radius 1 is 1.50 bits per heavy atom. The van der Waals surface area contributed by atoms with E-state index in [1.54, 1.807) is 17.2 Å². The van der Waals surface area contributed by atoms with Gasteiger partial charge in [0.1, 0.15) is 4.21 Å². The molecule has 1 amide bonds. The van der Waals surface area contributed by atoms with Crippen LogP contribution in [-0.4, -0.2) is 32.3 Å². The fourth-order valence-electron chi connectivity index (χ4n) is 2.36. The molecule has 0 bridgehead atoms. The Morgan fingerprint density at radius 2 is 2.15 bits per heavy atom. The first kappa shape index (κ1) is 15.8. The lowest BCUT2D eigenvalue weighted by Gasteiger charge is -2.31. The molecule has 7 heteroatoms. The maximum Gasteiger partial charge on any atom is 0.271 e. The molecule has 1 aliphatic rings. The lowest BCUT2D eigenvalue weighted by Crippen LogP contribution is -2.37. The van der Waals surface area contributed by atoms with E-state index in [9.17, 15) is 13.2 Å². The lowest BCUT2D eigenvalue weighted by atomic mass is 9.85. The van der Waals surface area contributed by atoms with Gasteiger partial charge in [0.25, 0.3) is 15.0 Å². The van der Waals surface area contributed by atoms with E-state index in [0.29, 0.717) is 23.6 Å². The minimum atomic E-state index is -3.78. The molecule has 0 atom stereocenters. The normalized spacial score (nSPS) is 15.9. The molecule has 0 N–H and O–H groups in total. The first-order valence-corrected chi connectivity index (χ1v) is 9.85. The minimum absolute atomic E-state index is 0.0715. The van der Waals surface area contributed by atoms with Gasteiger partial charge >= 0.3 is 0 Å². The van der Waals surface area contributed by atoms with E-state index >= 15 is 0 Å². The van der Waals surface area contributed by atoms with Gasteiger partial charge in [-0.25, -0.2) is 8.42 Å². The molecule has 4 nitrogen and oxygen atoms in total. The molecule has 112 valence electrons. The number of thiophene rings is 1. The van der Waals surface area contributed by atoms with E-state index in [4.69, 9.17) is 10.7 Å². The number of carbonyl (C=O) groups is 1. The van der Waals surface area contributed by atoms with Crippen molar-refractivity contribution in [3.63, 3.8) is 0 Å². The highest BCUT2D eigenvalue weighted by Gasteiger charge is 2.27.